The zero-order chi connectivity index (χ0) is 15.6. The molecular weight excluding hydrogens is 295 g/mol. The van der Waals surface area contributed by atoms with Gasteiger partial charge in [-0.25, -0.2) is 14.4 Å². The largest absolute Gasteiger partial charge is 0.379 e. The van der Waals surface area contributed by atoms with Gasteiger partial charge in [-0.3, -0.25) is 4.90 Å². The van der Waals surface area contributed by atoms with Crippen molar-refractivity contribution in [2.24, 2.45) is 0 Å². The lowest BCUT2D eigenvalue weighted by Gasteiger charge is -2.40. The Kier molecular flexibility index (Phi) is 4.10. The molecule has 0 radical (unpaired) electrons. The van der Waals surface area contributed by atoms with Crippen LogP contribution in [0.1, 0.15) is 12.8 Å². The van der Waals surface area contributed by atoms with Gasteiger partial charge in [0.2, 0.25) is 0 Å². The highest BCUT2D eigenvalue weighted by Crippen LogP contribution is 2.27. The van der Waals surface area contributed by atoms with E-state index in [0.717, 1.165) is 69.0 Å². The van der Waals surface area contributed by atoms with Gasteiger partial charge in [0.05, 0.1) is 18.7 Å². The summed E-state index contributed by atoms with van der Waals surface area (Å²) in [4.78, 5) is 13.5. The molecular formula is C17H21FN4O. The summed E-state index contributed by atoms with van der Waals surface area (Å²) < 4.78 is 19.0. The van der Waals surface area contributed by atoms with Crippen LogP contribution in [0.5, 0.6) is 0 Å². The number of morpholine rings is 1. The molecule has 0 amide bonds. The molecule has 0 saturated carbocycles. The minimum Gasteiger partial charge on any atom is -0.379 e. The SMILES string of the molecule is Fc1ccc2ncnc(N3CCC(N4CCOCC4)CC3)c2c1. The van der Waals surface area contributed by atoms with E-state index in [1.807, 2.05) is 0 Å². The number of halogens is 1. The molecule has 0 unspecified atom stereocenters. The van der Waals surface area contributed by atoms with Gasteiger partial charge in [-0.15, -0.1) is 0 Å². The first kappa shape index (κ1) is 14.8. The van der Waals surface area contributed by atoms with Crippen LogP contribution in [0.2, 0.25) is 0 Å². The Bertz CT molecular complexity index is 681. The summed E-state index contributed by atoms with van der Waals surface area (Å²) in [6.07, 6.45) is 3.80. The number of ether oxygens (including phenoxy) is 1. The van der Waals surface area contributed by atoms with Crippen LogP contribution >= 0.6 is 0 Å². The van der Waals surface area contributed by atoms with Crippen molar-refractivity contribution >= 4 is 16.7 Å². The summed E-state index contributed by atoms with van der Waals surface area (Å²) in [5.74, 6) is 0.617. The predicted octanol–water partition coefficient (Wildman–Crippen LogP) is 2.07. The van der Waals surface area contributed by atoms with Gasteiger partial charge < -0.3 is 9.64 Å². The van der Waals surface area contributed by atoms with Crippen molar-refractivity contribution in [1.82, 2.24) is 14.9 Å². The molecule has 0 atom stereocenters. The topological polar surface area (TPSA) is 41.5 Å². The standard InChI is InChI=1S/C17H21FN4O/c18-13-1-2-16-15(11-13)17(20-12-19-16)22-5-3-14(4-6-22)21-7-9-23-10-8-21/h1-2,11-12,14H,3-10H2. The Morgan fingerprint density at radius 1 is 1.04 bits per heavy atom. The molecule has 2 saturated heterocycles. The normalized spacial score (nSPS) is 21.0. The summed E-state index contributed by atoms with van der Waals surface area (Å²) >= 11 is 0. The van der Waals surface area contributed by atoms with Crippen molar-refractivity contribution in [2.45, 2.75) is 18.9 Å². The maximum atomic E-state index is 13.6. The second-order valence-electron chi connectivity index (χ2n) is 6.23. The number of rotatable bonds is 2. The molecule has 6 heteroatoms. The second-order valence-corrected chi connectivity index (χ2v) is 6.23. The average Bonchev–Trinajstić information content (AvgIpc) is 2.62. The van der Waals surface area contributed by atoms with Crippen LogP contribution in [0.15, 0.2) is 24.5 Å². The molecule has 122 valence electrons. The van der Waals surface area contributed by atoms with Gasteiger partial charge in [-0.1, -0.05) is 0 Å². The van der Waals surface area contributed by atoms with E-state index in [4.69, 9.17) is 4.74 Å². The Labute approximate surface area is 135 Å². The summed E-state index contributed by atoms with van der Waals surface area (Å²) in [6.45, 7) is 5.65. The Morgan fingerprint density at radius 2 is 1.83 bits per heavy atom. The number of piperidine rings is 1. The van der Waals surface area contributed by atoms with E-state index in [0.29, 0.717) is 6.04 Å². The molecule has 2 fully saturated rings. The number of aromatic nitrogens is 2. The summed E-state index contributed by atoms with van der Waals surface area (Å²) in [5.41, 5.74) is 0.798. The molecule has 4 rings (SSSR count). The van der Waals surface area contributed by atoms with E-state index in [2.05, 4.69) is 19.8 Å². The van der Waals surface area contributed by atoms with Gasteiger partial charge in [0.15, 0.2) is 0 Å². The van der Waals surface area contributed by atoms with Gasteiger partial charge >= 0.3 is 0 Å². The first-order chi connectivity index (χ1) is 11.3. The summed E-state index contributed by atoms with van der Waals surface area (Å²) in [7, 11) is 0. The predicted molar refractivity (Wildman–Crippen MR) is 87.1 cm³/mol. The van der Waals surface area contributed by atoms with Crippen LogP contribution in [-0.2, 0) is 4.74 Å². The monoisotopic (exact) mass is 316 g/mol. The van der Waals surface area contributed by atoms with Crippen LogP contribution in [0, 0.1) is 5.82 Å². The maximum absolute atomic E-state index is 13.6. The number of fused-ring (bicyclic) bond motifs is 1. The number of nitrogens with zero attached hydrogens (tertiary/aromatic N) is 4. The smallest absolute Gasteiger partial charge is 0.139 e. The van der Waals surface area contributed by atoms with Gasteiger partial charge in [-0.2, -0.15) is 0 Å². The summed E-state index contributed by atoms with van der Waals surface area (Å²) in [6, 6.07) is 5.33. The van der Waals surface area contributed by atoms with E-state index in [-0.39, 0.29) is 5.82 Å². The van der Waals surface area contributed by atoms with Crippen molar-refractivity contribution in [1.29, 1.82) is 0 Å². The van der Waals surface area contributed by atoms with E-state index in [9.17, 15) is 4.39 Å². The first-order valence-electron chi connectivity index (χ1n) is 8.28. The molecule has 2 aliphatic heterocycles. The molecule has 1 aromatic carbocycles. The minimum atomic E-state index is -0.239. The minimum absolute atomic E-state index is 0.239. The molecule has 2 aliphatic rings. The zero-order valence-corrected chi connectivity index (χ0v) is 13.1. The number of benzene rings is 1. The lowest BCUT2D eigenvalue weighted by molar-refractivity contribution is 0.0115. The number of anilines is 1. The number of hydrogen-bond acceptors (Lipinski definition) is 5. The highest BCUT2D eigenvalue weighted by atomic mass is 19.1. The summed E-state index contributed by atoms with van der Waals surface area (Å²) in [5, 5.41) is 0.803. The third kappa shape index (κ3) is 3.01. The van der Waals surface area contributed by atoms with Gasteiger partial charge in [0, 0.05) is 37.6 Å². The fourth-order valence-corrected chi connectivity index (χ4v) is 3.65. The van der Waals surface area contributed by atoms with Crippen LogP contribution < -0.4 is 4.90 Å². The lowest BCUT2D eigenvalue weighted by Crippen LogP contribution is -2.49. The van der Waals surface area contributed by atoms with Crippen molar-refractivity contribution < 1.29 is 9.13 Å². The Morgan fingerprint density at radius 3 is 2.61 bits per heavy atom. The van der Waals surface area contributed by atoms with Crippen molar-refractivity contribution in [3.63, 3.8) is 0 Å². The maximum Gasteiger partial charge on any atom is 0.139 e. The van der Waals surface area contributed by atoms with Crippen LogP contribution in [-0.4, -0.2) is 60.3 Å². The quantitative estimate of drug-likeness (QED) is 0.848. The van der Waals surface area contributed by atoms with Crippen LogP contribution in [0.4, 0.5) is 10.2 Å². The molecule has 0 spiro atoms. The highest BCUT2D eigenvalue weighted by Gasteiger charge is 2.27. The van der Waals surface area contributed by atoms with Crippen molar-refractivity contribution in [2.75, 3.05) is 44.3 Å². The second kappa shape index (κ2) is 6.37. The third-order valence-corrected chi connectivity index (χ3v) is 4.90. The van der Waals surface area contributed by atoms with Crippen molar-refractivity contribution in [3.05, 3.63) is 30.3 Å². The molecule has 0 N–H and O–H groups in total. The Hall–Kier alpha value is -1.79. The van der Waals surface area contributed by atoms with Crippen LogP contribution in [0.3, 0.4) is 0 Å². The van der Waals surface area contributed by atoms with Gasteiger partial charge in [0.1, 0.15) is 18.0 Å². The average molecular weight is 316 g/mol. The molecule has 2 aromatic rings. The van der Waals surface area contributed by atoms with Gasteiger partial charge in [-0.05, 0) is 31.0 Å². The zero-order valence-electron chi connectivity index (χ0n) is 13.1. The van der Waals surface area contributed by atoms with Gasteiger partial charge in [0.25, 0.3) is 0 Å². The highest BCUT2D eigenvalue weighted by molar-refractivity contribution is 5.89. The molecule has 5 nitrogen and oxygen atoms in total. The molecule has 3 heterocycles. The molecule has 23 heavy (non-hydrogen) atoms. The lowest BCUT2D eigenvalue weighted by atomic mass is 10.0. The molecule has 0 bridgehead atoms. The first-order valence-corrected chi connectivity index (χ1v) is 8.28. The number of hydrogen-bond donors (Lipinski definition) is 0. The van der Waals surface area contributed by atoms with E-state index in [1.54, 1.807) is 18.5 Å². The van der Waals surface area contributed by atoms with E-state index >= 15 is 0 Å². The third-order valence-electron chi connectivity index (χ3n) is 4.90. The fourth-order valence-electron chi connectivity index (χ4n) is 3.65. The van der Waals surface area contributed by atoms with E-state index < -0.39 is 0 Å². The van der Waals surface area contributed by atoms with Crippen molar-refractivity contribution in [3.8, 4) is 0 Å². The molecule has 1 aromatic heterocycles. The van der Waals surface area contributed by atoms with E-state index in [1.165, 1.54) is 6.07 Å². The Balaban J connectivity index is 1.51. The fraction of sp³-hybridized carbons (Fsp3) is 0.529. The van der Waals surface area contributed by atoms with Crippen LogP contribution in [0.25, 0.3) is 10.9 Å². The molecule has 0 aliphatic carbocycles.